The number of carbonyl (C=O) groups is 2. The first kappa shape index (κ1) is 13.7. The third-order valence-corrected chi connectivity index (χ3v) is 1.98. The number of rotatable bonds is 5. The third-order valence-electron chi connectivity index (χ3n) is 1.98. The van der Waals surface area contributed by atoms with E-state index >= 15 is 0 Å². The maximum Gasteiger partial charge on any atom is 0.320 e. The topological polar surface area (TPSA) is 52.6 Å². The summed E-state index contributed by atoms with van der Waals surface area (Å²) in [6, 6.07) is 0. The second kappa shape index (κ2) is 7.04. The van der Waals surface area contributed by atoms with E-state index in [4.69, 9.17) is 0 Å². The average Bonchev–Trinajstić information content (AvgIpc) is 2.22. The van der Waals surface area contributed by atoms with E-state index in [9.17, 15) is 9.59 Å². The number of esters is 2. The fourth-order valence-corrected chi connectivity index (χ4v) is 1.16. The lowest BCUT2D eigenvalue weighted by Crippen LogP contribution is -2.26. The highest BCUT2D eigenvalue weighted by Crippen LogP contribution is 2.12. The Morgan fingerprint density at radius 1 is 1.13 bits per heavy atom. The summed E-state index contributed by atoms with van der Waals surface area (Å²) in [6.07, 6.45) is 3.06. The van der Waals surface area contributed by atoms with E-state index in [1.54, 1.807) is 0 Å². The van der Waals surface area contributed by atoms with Crippen LogP contribution < -0.4 is 0 Å². The van der Waals surface area contributed by atoms with Gasteiger partial charge in [-0.3, -0.25) is 9.59 Å². The second-order valence-electron chi connectivity index (χ2n) is 3.46. The van der Waals surface area contributed by atoms with E-state index in [0.29, 0.717) is 12.8 Å². The summed E-state index contributed by atoms with van der Waals surface area (Å²) < 4.78 is 9.06. The molecule has 0 saturated carbocycles. The van der Waals surface area contributed by atoms with Crippen molar-refractivity contribution in [1.29, 1.82) is 0 Å². The van der Waals surface area contributed by atoms with E-state index in [-0.39, 0.29) is 0 Å². The highest BCUT2D eigenvalue weighted by atomic mass is 16.5. The molecule has 0 amide bonds. The van der Waals surface area contributed by atoms with Gasteiger partial charge in [-0.1, -0.05) is 11.6 Å². The smallest absolute Gasteiger partial charge is 0.320 e. The Morgan fingerprint density at radius 2 is 1.60 bits per heavy atom. The van der Waals surface area contributed by atoms with E-state index in [0.717, 1.165) is 5.57 Å². The molecule has 0 atom stereocenters. The van der Waals surface area contributed by atoms with Gasteiger partial charge in [0.1, 0.15) is 0 Å². The van der Waals surface area contributed by atoms with E-state index in [2.05, 4.69) is 9.47 Å². The number of methoxy groups -OCH3 is 2. The van der Waals surface area contributed by atoms with Gasteiger partial charge in [-0.05, 0) is 26.7 Å². The van der Waals surface area contributed by atoms with Crippen LogP contribution in [0.15, 0.2) is 11.6 Å². The minimum atomic E-state index is -0.810. The zero-order chi connectivity index (χ0) is 11.8. The summed E-state index contributed by atoms with van der Waals surface area (Å²) in [5, 5.41) is 0. The molecule has 0 aliphatic carbocycles. The van der Waals surface area contributed by atoms with Crippen LogP contribution in [0, 0.1) is 5.92 Å². The van der Waals surface area contributed by atoms with Gasteiger partial charge in [0.2, 0.25) is 0 Å². The van der Waals surface area contributed by atoms with Crippen LogP contribution in [0.2, 0.25) is 0 Å². The molecule has 0 bridgehead atoms. The molecule has 15 heavy (non-hydrogen) atoms. The predicted octanol–water partition coefficient (Wildman–Crippen LogP) is 1.70. The molecule has 4 heteroatoms. The molecule has 0 spiro atoms. The summed E-state index contributed by atoms with van der Waals surface area (Å²) in [5.41, 5.74) is 1.16. The molecule has 0 fully saturated rings. The van der Waals surface area contributed by atoms with Gasteiger partial charge >= 0.3 is 11.9 Å². The summed E-state index contributed by atoms with van der Waals surface area (Å²) >= 11 is 0. The third kappa shape index (κ3) is 5.20. The van der Waals surface area contributed by atoms with Gasteiger partial charge in [-0.25, -0.2) is 0 Å². The average molecular weight is 214 g/mol. The Labute approximate surface area is 90.2 Å². The van der Waals surface area contributed by atoms with Crippen molar-refractivity contribution in [3.63, 3.8) is 0 Å². The fourth-order valence-electron chi connectivity index (χ4n) is 1.16. The fraction of sp³-hybridized carbons (Fsp3) is 0.636. The van der Waals surface area contributed by atoms with Crippen molar-refractivity contribution >= 4 is 11.9 Å². The molecule has 0 aromatic carbocycles. The molecule has 0 saturated heterocycles. The number of allylic oxidation sites excluding steroid dienone is 2. The van der Waals surface area contributed by atoms with Gasteiger partial charge in [0, 0.05) is 0 Å². The Kier molecular flexibility index (Phi) is 6.42. The van der Waals surface area contributed by atoms with Gasteiger partial charge in [-0.15, -0.1) is 0 Å². The largest absolute Gasteiger partial charge is 0.468 e. The minimum Gasteiger partial charge on any atom is -0.468 e. The summed E-state index contributed by atoms with van der Waals surface area (Å²) in [4.78, 5) is 22.5. The summed E-state index contributed by atoms with van der Waals surface area (Å²) in [5.74, 6) is -1.89. The van der Waals surface area contributed by atoms with Crippen LogP contribution in [0.5, 0.6) is 0 Å². The number of hydrogen-bond donors (Lipinski definition) is 0. The highest BCUT2D eigenvalue weighted by Gasteiger charge is 2.27. The number of carbonyl (C=O) groups excluding carboxylic acids is 2. The molecule has 0 N–H and O–H groups in total. The molecule has 0 aliphatic heterocycles. The monoisotopic (exact) mass is 214 g/mol. The molecule has 0 aromatic heterocycles. The second-order valence-corrected chi connectivity index (χ2v) is 3.46. The van der Waals surface area contributed by atoms with Crippen molar-refractivity contribution in [3.8, 4) is 0 Å². The zero-order valence-corrected chi connectivity index (χ0v) is 9.70. The molecule has 0 unspecified atom stereocenters. The van der Waals surface area contributed by atoms with Crippen LogP contribution in [-0.4, -0.2) is 26.2 Å². The molecule has 0 radical (unpaired) electrons. The van der Waals surface area contributed by atoms with E-state index in [1.165, 1.54) is 14.2 Å². The minimum absolute atomic E-state index is 0.421. The maximum absolute atomic E-state index is 11.2. The van der Waals surface area contributed by atoms with Crippen molar-refractivity contribution in [3.05, 3.63) is 11.6 Å². The van der Waals surface area contributed by atoms with Gasteiger partial charge in [-0.2, -0.15) is 0 Å². The van der Waals surface area contributed by atoms with E-state index < -0.39 is 17.9 Å². The summed E-state index contributed by atoms with van der Waals surface area (Å²) in [6.45, 7) is 3.93. The first-order valence-electron chi connectivity index (χ1n) is 4.82. The standard InChI is InChI=1S/C11H18O4/c1-8(2)6-5-7-9(10(12)14-3)11(13)15-4/h6,9H,5,7H2,1-4H3. The van der Waals surface area contributed by atoms with Crippen LogP contribution in [0.3, 0.4) is 0 Å². The lowest BCUT2D eigenvalue weighted by Gasteiger charge is -2.10. The van der Waals surface area contributed by atoms with Crippen LogP contribution in [-0.2, 0) is 19.1 Å². The van der Waals surface area contributed by atoms with Gasteiger partial charge in [0.05, 0.1) is 14.2 Å². The van der Waals surface area contributed by atoms with Gasteiger partial charge in [0.25, 0.3) is 0 Å². The molecule has 86 valence electrons. The SMILES string of the molecule is COC(=O)C(CCC=C(C)C)C(=O)OC. The van der Waals surface area contributed by atoms with E-state index in [1.807, 2.05) is 19.9 Å². The van der Waals surface area contributed by atoms with Crippen molar-refractivity contribution in [2.75, 3.05) is 14.2 Å². The summed E-state index contributed by atoms with van der Waals surface area (Å²) in [7, 11) is 2.53. The Hall–Kier alpha value is -1.32. The first-order valence-corrected chi connectivity index (χ1v) is 4.82. The van der Waals surface area contributed by atoms with Crippen molar-refractivity contribution < 1.29 is 19.1 Å². The van der Waals surface area contributed by atoms with Crippen molar-refractivity contribution in [2.24, 2.45) is 5.92 Å². The molecule has 0 aliphatic rings. The van der Waals surface area contributed by atoms with Crippen LogP contribution in [0.1, 0.15) is 26.7 Å². The Balaban J connectivity index is 4.32. The van der Waals surface area contributed by atoms with Crippen LogP contribution in [0.25, 0.3) is 0 Å². The Morgan fingerprint density at radius 3 is 1.93 bits per heavy atom. The quantitative estimate of drug-likeness (QED) is 0.397. The van der Waals surface area contributed by atoms with Crippen molar-refractivity contribution in [2.45, 2.75) is 26.7 Å². The normalized spacial score (nSPS) is 9.67. The van der Waals surface area contributed by atoms with Gasteiger partial charge < -0.3 is 9.47 Å². The molecule has 4 nitrogen and oxygen atoms in total. The molecular weight excluding hydrogens is 196 g/mol. The lowest BCUT2D eigenvalue weighted by atomic mass is 10.0. The maximum atomic E-state index is 11.2. The lowest BCUT2D eigenvalue weighted by molar-refractivity contribution is -0.159. The predicted molar refractivity (Wildman–Crippen MR) is 56.2 cm³/mol. The van der Waals surface area contributed by atoms with Crippen molar-refractivity contribution in [1.82, 2.24) is 0 Å². The molecular formula is C11H18O4. The number of ether oxygens (including phenoxy) is 2. The zero-order valence-electron chi connectivity index (χ0n) is 9.70. The first-order chi connectivity index (χ1) is 7.02. The molecule has 0 aromatic rings. The highest BCUT2D eigenvalue weighted by molar-refractivity contribution is 5.94. The molecule has 0 rings (SSSR count). The van der Waals surface area contributed by atoms with Crippen LogP contribution in [0.4, 0.5) is 0 Å². The van der Waals surface area contributed by atoms with Gasteiger partial charge in [0.15, 0.2) is 5.92 Å². The Bertz CT molecular complexity index is 235. The number of hydrogen-bond acceptors (Lipinski definition) is 4. The van der Waals surface area contributed by atoms with Crippen LogP contribution >= 0.6 is 0 Å². The molecule has 0 heterocycles.